The van der Waals surface area contributed by atoms with Crippen LogP contribution in [-0.4, -0.2) is 43.4 Å². The highest BCUT2D eigenvalue weighted by atomic mass is 32.2. The molecule has 1 aromatic carbocycles. The van der Waals surface area contributed by atoms with E-state index in [0.717, 1.165) is 24.3 Å². The van der Waals surface area contributed by atoms with E-state index in [4.69, 9.17) is 0 Å². The van der Waals surface area contributed by atoms with Crippen LogP contribution in [0.5, 0.6) is 5.75 Å². The van der Waals surface area contributed by atoms with E-state index in [0.29, 0.717) is 18.4 Å². The summed E-state index contributed by atoms with van der Waals surface area (Å²) < 4.78 is 71.9. The Bertz CT molecular complexity index is 1120. The van der Waals surface area contributed by atoms with Gasteiger partial charge >= 0.3 is 6.11 Å². The van der Waals surface area contributed by atoms with Crippen molar-refractivity contribution in [1.82, 2.24) is 15.6 Å². The molecule has 176 valence electrons. The van der Waals surface area contributed by atoms with Crippen molar-refractivity contribution in [2.75, 3.05) is 12.3 Å². The summed E-state index contributed by atoms with van der Waals surface area (Å²) >= 11 is 0. The van der Waals surface area contributed by atoms with E-state index in [1.54, 1.807) is 12.1 Å². The number of hydrogen-bond acceptors (Lipinski definition) is 7. The van der Waals surface area contributed by atoms with E-state index >= 15 is 0 Å². The van der Waals surface area contributed by atoms with Crippen LogP contribution in [0.1, 0.15) is 18.4 Å². The zero-order valence-corrected chi connectivity index (χ0v) is 18.4. The number of aromatic nitrogens is 1. The van der Waals surface area contributed by atoms with Crippen LogP contribution in [0.3, 0.4) is 0 Å². The second kappa shape index (κ2) is 9.80. The maximum atomic E-state index is 14.4. The van der Waals surface area contributed by atoms with Gasteiger partial charge in [-0.25, -0.2) is 12.8 Å². The molecule has 7 nitrogen and oxygen atoms in total. The van der Waals surface area contributed by atoms with Gasteiger partial charge in [0.05, 0.1) is 23.6 Å². The molecule has 1 fully saturated rings. The van der Waals surface area contributed by atoms with Gasteiger partial charge in [-0.15, -0.1) is 0 Å². The van der Waals surface area contributed by atoms with E-state index in [1.807, 2.05) is 0 Å². The molecule has 1 aromatic heterocycles. The van der Waals surface area contributed by atoms with Gasteiger partial charge in [0.2, 0.25) is 0 Å². The molecule has 33 heavy (non-hydrogen) atoms. The number of ether oxygens (including phenoxy) is 1. The van der Waals surface area contributed by atoms with Crippen LogP contribution in [0.2, 0.25) is 0 Å². The maximum Gasteiger partial charge on any atom is 0.410 e. The molecule has 0 radical (unpaired) electrons. The summed E-state index contributed by atoms with van der Waals surface area (Å²) in [5, 5.41) is 14.7. The minimum Gasteiger partial charge on any atom is -0.432 e. The summed E-state index contributed by atoms with van der Waals surface area (Å²) in [6.07, 6.45) is 0.276. The van der Waals surface area contributed by atoms with Crippen molar-refractivity contribution in [3.8, 4) is 11.8 Å². The molecular weight excluding hydrogens is 457 g/mol. The fourth-order valence-electron chi connectivity index (χ4n) is 3.07. The third-order valence-corrected chi connectivity index (χ3v) is 6.56. The van der Waals surface area contributed by atoms with Gasteiger partial charge in [-0.1, -0.05) is 12.6 Å². The fourth-order valence-corrected chi connectivity index (χ4v) is 4.69. The molecular formula is C22H23F3N4O3S. The highest BCUT2D eigenvalue weighted by molar-refractivity contribution is 7.90. The van der Waals surface area contributed by atoms with Crippen molar-refractivity contribution >= 4 is 9.84 Å². The third-order valence-electron chi connectivity index (χ3n) is 4.95. The van der Waals surface area contributed by atoms with Crippen LogP contribution in [0.4, 0.5) is 13.2 Å². The summed E-state index contributed by atoms with van der Waals surface area (Å²) in [5.41, 5.74) is -0.297. The number of hydrogen-bond donors (Lipinski definition) is 2. The number of nitriles is 1. The Kier molecular flexibility index (Phi) is 7.29. The molecule has 0 aliphatic heterocycles. The molecule has 1 heterocycles. The Morgan fingerprint density at radius 1 is 1.30 bits per heavy atom. The summed E-state index contributed by atoms with van der Waals surface area (Å²) in [4.78, 5) is 3.88. The van der Waals surface area contributed by atoms with Gasteiger partial charge in [-0.05, 0) is 48.7 Å². The lowest BCUT2D eigenvalue weighted by Crippen LogP contribution is -2.49. The smallest absolute Gasteiger partial charge is 0.410 e. The van der Waals surface area contributed by atoms with E-state index in [9.17, 15) is 26.9 Å². The summed E-state index contributed by atoms with van der Waals surface area (Å²) in [5.74, 6) is -1.72. The Hall–Kier alpha value is -3.10. The average Bonchev–Trinajstić information content (AvgIpc) is 3.53. The summed E-state index contributed by atoms with van der Waals surface area (Å²) in [6, 6.07) is 8.24. The van der Waals surface area contributed by atoms with Gasteiger partial charge in [-0.2, -0.15) is 14.0 Å². The molecule has 1 atom stereocenters. The molecule has 11 heteroatoms. The Morgan fingerprint density at radius 3 is 2.58 bits per heavy atom. The molecule has 0 unspecified atom stereocenters. The third kappa shape index (κ3) is 7.47. The zero-order valence-electron chi connectivity index (χ0n) is 17.6. The molecule has 0 amide bonds. The SMILES string of the molecule is C=C(NC1(C#N)CC1)[C@H](CS(=O)(=O)Cc1cccnc1)NCC(F)(F)Oc1ccc(F)cc1. The highest BCUT2D eigenvalue weighted by Crippen LogP contribution is 2.35. The van der Waals surface area contributed by atoms with Crippen molar-refractivity contribution < 1.29 is 26.3 Å². The van der Waals surface area contributed by atoms with Gasteiger partial charge in [0.1, 0.15) is 23.7 Å². The molecule has 3 rings (SSSR count). The van der Waals surface area contributed by atoms with Crippen LogP contribution in [-0.2, 0) is 15.6 Å². The predicted molar refractivity (Wildman–Crippen MR) is 115 cm³/mol. The molecule has 2 aromatic rings. The fraction of sp³-hybridized carbons (Fsp3) is 0.364. The largest absolute Gasteiger partial charge is 0.432 e. The zero-order chi connectivity index (χ0) is 24.1. The lowest BCUT2D eigenvalue weighted by Gasteiger charge is -2.26. The van der Waals surface area contributed by atoms with Crippen molar-refractivity contribution in [2.45, 2.75) is 36.3 Å². The van der Waals surface area contributed by atoms with Gasteiger partial charge in [0.25, 0.3) is 0 Å². The summed E-state index contributed by atoms with van der Waals surface area (Å²) in [7, 11) is -3.77. The Balaban J connectivity index is 1.70. The minimum absolute atomic E-state index is 0.112. The molecule has 1 aliphatic rings. The van der Waals surface area contributed by atoms with Crippen LogP contribution in [0.25, 0.3) is 0 Å². The number of benzene rings is 1. The monoisotopic (exact) mass is 480 g/mol. The lowest BCUT2D eigenvalue weighted by atomic mass is 10.2. The number of rotatable bonds is 12. The standard InChI is InChI=1S/C22H23F3N4O3S/c1-16(29-21(14-26)8-9-21)20(13-33(30,31)12-17-3-2-10-27-11-17)28-15-22(24,25)32-19-6-4-18(23)5-7-19/h2-7,10-11,20,28-29H,1,8-9,12-13,15H2/t20-/m0/s1. The topological polar surface area (TPSA) is 104 Å². The maximum absolute atomic E-state index is 14.4. The number of alkyl halides is 2. The normalized spacial score (nSPS) is 15.8. The second-order valence-electron chi connectivity index (χ2n) is 7.89. The van der Waals surface area contributed by atoms with Crippen molar-refractivity contribution in [3.63, 3.8) is 0 Å². The minimum atomic E-state index is -3.77. The van der Waals surface area contributed by atoms with Gasteiger partial charge in [0, 0.05) is 18.1 Å². The number of nitrogens with zero attached hydrogens (tertiary/aromatic N) is 2. The molecule has 1 aliphatic carbocycles. The van der Waals surface area contributed by atoms with E-state index in [-0.39, 0.29) is 17.2 Å². The van der Waals surface area contributed by atoms with E-state index in [2.05, 4.69) is 33.0 Å². The Labute approximate surface area is 190 Å². The van der Waals surface area contributed by atoms with E-state index < -0.39 is 45.6 Å². The number of pyridine rings is 1. The van der Waals surface area contributed by atoms with Crippen LogP contribution in [0, 0.1) is 17.1 Å². The Morgan fingerprint density at radius 2 is 2.00 bits per heavy atom. The highest BCUT2D eigenvalue weighted by Gasteiger charge is 2.44. The molecule has 0 bridgehead atoms. The number of nitrogens with one attached hydrogen (secondary N) is 2. The lowest BCUT2D eigenvalue weighted by molar-refractivity contribution is -0.172. The van der Waals surface area contributed by atoms with Crippen LogP contribution >= 0.6 is 0 Å². The second-order valence-corrected chi connectivity index (χ2v) is 10.00. The first-order valence-corrected chi connectivity index (χ1v) is 11.9. The van der Waals surface area contributed by atoms with E-state index in [1.165, 1.54) is 12.4 Å². The van der Waals surface area contributed by atoms with Crippen molar-refractivity contribution in [3.05, 3.63) is 72.4 Å². The van der Waals surface area contributed by atoms with Gasteiger partial charge < -0.3 is 10.1 Å². The first-order chi connectivity index (χ1) is 15.5. The van der Waals surface area contributed by atoms with Crippen molar-refractivity contribution in [2.24, 2.45) is 0 Å². The van der Waals surface area contributed by atoms with Gasteiger partial charge in [-0.3, -0.25) is 10.3 Å². The van der Waals surface area contributed by atoms with Crippen molar-refractivity contribution in [1.29, 1.82) is 5.26 Å². The first-order valence-electron chi connectivity index (χ1n) is 10.0. The summed E-state index contributed by atoms with van der Waals surface area (Å²) in [6.45, 7) is 2.74. The predicted octanol–water partition coefficient (Wildman–Crippen LogP) is 2.92. The molecule has 0 saturated heterocycles. The van der Waals surface area contributed by atoms with Crippen LogP contribution < -0.4 is 15.4 Å². The van der Waals surface area contributed by atoms with Crippen LogP contribution in [0.15, 0.2) is 61.1 Å². The molecule has 1 saturated carbocycles. The number of sulfone groups is 1. The first kappa shape index (κ1) is 24.5. The number of halogens is 3. The molecule has 2 N–H and O–H groups in total. The molecule has 0 spiro atoms. The average molecular weight is 481 g/mol. The quantitative estimate of drug-likeness (QED) is 0.481. The van der Waals surface area contributed by atoms with Gasteiger partial charge in [0.15, 0.2) is 9.84 Å².